The molecule has 1 saturated carbocycles. The maximum Gasteiger partial charge on any atom is 0.281 e. The highest BCUT2D eigenvalue weighted by atomic mass is 32.2. The zero-order valence-corrected chi connectivity index (χ0v) is 21.5. The molecule has 0 radical (unpaired) electrons. The summed E-state index contributed by atoms with van der Waals surface area (Å²) in [4.78, 5) is 17.0. The van der Waals surface area contributed by atoms with E-state index in [4.69, 9.17) is 0 Å². The Balaban J connectivity index is 1.78. The van der Waals surface area contributed by atoms with Crippen LogP contribution in [0.3, 0.4) is 0 Å². The Bertz CT molecular complexity index is 1340. The molecule has 0 atom stereocenters. The van der Waals surface area contributed by atoms with Gasteiger partial charge in [0.05, 0.1) is 9.77 Å². The summed E-state index contributed by atoms with van der Waals surface area (Å²) in [7, 11) is -3.87. The molecule has 0 saturated heterocycles. The van der Waals surface area contributed by atoms with Crippen molar-refractivity contribution in [3.05, 3.63) is 47.1 Å². The normalized spacial score (nSPS) is 15.6. The fourth-order valence-corrected chi connectivity index (χ4v) is 7.07. The van der Waals surface area contributed by atoms with E-state index in [0.29, 0.717) is 16.3 Å². The number of nitrogens with zero attached hydrogens (tertiary/aromatic N) is 1. The predicted octanol–water partition coefficient (Wildman–Crippen LogP) is 6.04. The number of rotatable bonds is 6. The summed E-state index contributed by atoms with van der Waals surface area (Å²) in [6, 6.07) is 9.72. The largest absolute Gasteiger partial charge is 0.347 e. The van der Waals surface area contributed by atoms with Crippen LogP contribution in [0.4, 0.5) is 8.78 Å². The van der Waals surface area contributed by atoms with Crippen LogP contribution in [0.2, 0.25) is 0 Å². The molecule has 1 heterocycles. The Labute approximate surface area is 208 Å². The molecule has 10 heteroatoms. The molecular formula is C25H29F2N3O3S2. The number of benzene rings is 2. The zero-order valence-electron chi connectivity index (χ0n) is 19.9. The monoisotopic (exact) mass is 521 g/mol. The first-order valence-electron chi connectivity index (χ1n) is 11.6. The highest BCUT2D eigenvalue weighted by molar-refractivity contribution is 7.89. The van der Waals surface area contributed by atoms with E-state index >= 15 is 0 Å². The van der Waals surface area contributed by atoms with Crippen molar-refractivity contribution in [3.63, 3.8) is 0 Å². The Kier molecular flexibility index (Phi) is 7.26. The Morgan fingerprint density at radius 2 is 1.71 bits per heavy atom. The molecule has 1 fully saturated rings. The van der Waals surface area contributed by atoms with Crippen molar-refractivity contribution in [2.75, 3.05) is 0 Å². The molecule has 35 heavy (non-hydrogen) atoms. The molecule has 1 aliphatic carbocycles. The van der Waals surface area contributed by atoms with Gasteiger partial charge in [-0.3, -0.25) is 4.79 Å². The van der Waals surface area contributed by atoms with Crippen molar-refractivity contribution in [3.8, 4) is 10.4 Å². The molecule has 0 unspecified atom stereocenters. The van der Waals surface area contributed by atoms with Crippen LogP contribution in [0.1, 0.15) is 74.8 Å². The first-order chi connectivity index (χ1) is 16.5. The van der Waals surface area contributed by atoms with Crippen molar-refractivity contribution >= 4 is 38.0 Å². The van der Waals surface area contributed by atoms with Gasteiger partial charge < -0.3 is 5.32 Å². The average Bonchev–Trinajstić information content (AvgIpc) is 3.23. The molecule has 3 aromatic rings. The molecule has 4 rings (SSSR count). The Morgan fingerprint density at radius 1 is 1.06 bits per heavy atom. The van der Waals surface area contributed by atoms with E-state index in [1.54, 1.807) is 45.0 Å². The van der Waals surface area contributed by atoms with Crippen LogP contribution in [0, 0.1) is 0 Å². The van der Waals surface area contributed by atoms with Gasteiger partial charge in [-0.2, -0.15) is 0 Å². The molecular weight excluding hydrogens is 492 g/mol. The number of nitrogens with one attached hydrogen (secondary N) is 2. The molecule has 0 aliphatic heterocycles. The third kappa shape index (κ3) is 5.70. The number of aromatic nitrogens is 1. The smallest absolute Gasteiger partial charge is 0.281 e. The maximum atomic E-state index is 14.0. The van der Waals surface area contributed by atoms with Crippen LogP contribution >= 0.6 is 11.3 Å². The topological polar surface area (TPSA) is 88.2 Å². The fraction of sp³-hybridized carbons (Fsp3) is 0.440. The standard InChI is InChI=1S/C25H29F2N3O3S2/c1-25(2,3)30-35(32,33)19-14-13-18(16-11-7-8-12-17(16)19)21-20(22(26)27)29-24(34-21)23(31)28-15-9-5-4-6-10-15/h7-8,11-15,22,30H,4-6,9-10H2,1-3H3,(H,28,31). The first kappa shape index (κ1) is 25.7. The van der Waals surface area contributed by atoms with Crippen molar-refractivity contribution < 1.29 is 22.0 Å². The van der Waals surface area contributed by atoms with Gasteiger partial charge >= 0.3 is 0 Å². The Hall–Kier alpha value is -2.43. The van der Waals surface area contributed by atoms with E-state index in [1.807, 2.05) is 0 Å². The molecule has 188 valence electrons. The molecule has 2 aromatic carbocycles. The summed E-state index contributed by atoms with van der Waals surface area (Å²) in [5, 5.41) is 3.81. The van der Waals surface area contributed by atoms with Gasteiger partial charge in [-0.1, -0.05) is 49.6 Å². The van der Waals surface area contributed by atoms with Crippen molar-refractivity contribution in [2.45, 2.75) is 75.8 Å². The lowest BCUT2D eigenvalue weighted by molar-refractivity contribution is 0.0926. The van der Waals surface area contributed by atoms with Gasteiger partial charge in [0.25, 0.3) is 12.3 Å². The number of hydrogen-bond donors (Lipinski definition) is 2. The van der Waals surface area contributed by atoms with E-state index in [0.717, 1.165) is 43.4 Å². The summed E-state index contributed by atoms with van der Waals surface area (Å²) in [5.74, 6) is -0.451. The highest BCUT2D eigenvalue weighted by Gasteiger charge is 2.28. The maximum absolute atomic E-state index is 14.0. The van der Waals surface area contributed by atoms with Gasteiger partial charge in [-0.15, -0.1) is 11.3 Å². The lowest BCUT2D eigenvalue weighted by Gasteiger charge is -2.22. The number of amides is 1. The van der Waals surface area contributed by atoms with Gasteiger partial charge in [-0.25, -0.2) is 26.9 Å². The second-order valence-electron chi connectivity index (χ2n) is 9.85. The van der Waals surface area contributed by atoms with Gasteiger partial charge in [0.15, 0.2) is 5.01 Å². The minimum atomic E-state index is -3.87. The van der Waals surface area contributed by atoms with Crippen molar-refractivity contribution in [1.29, 1.82) is 0 Å². The number of thiazole rings is 1. The van der Waals surface area contributed by atoms with E-state index < -0.39 is 33.6 Å². The lowest BCUT2D eigenvalue weighted by atomic mass is 9.95. The Morgan fingerprint density at radius 3 is 2.34 bits per heavy atom. The van der Waals surface area contributed by atoms with Crippen LogP contribution < -0.4 is 10.0 Å². The van der Waals surface area contributed by atoms with E-state index in [2.05, 4.69) is 15.0 Å². The molecule has 0 bridgehead atoms. The average molecular weight is 522 g/mol. The first-order valence-corrected chi connectivity index (χ1v) is 13.9. The minimum Gasteiger partial charge on any atom is -0.347 e. The van der Waals surface area contributed by atoms with Gasteiger partial charge in [-0.05, 0) is 45.1 Å². The third-order valence-corrected chi connectivity index (χ3v) is 8.77. The van der Waals surface area contributed by atoms with Crippen LogP contribution in [0.25, 0.3) is 21.2 Å². The number of alkyl halides is 2. The van der Waals surface area contributed by atoms with Gasteiger partial charge in [0.2, 0.25) is 10.0 Å². The van der Waals surface area contributed by atoms with Crippen molar-refractivity contribution in [1.82, 2.24) is 15.0 Å². The van der Waals surface area contributed by atoms with Crippen molar-refractivity contribution in [2.24, 2.45) is 0 Å². The SMILES string of the molecule is CC(C)(C)NS(=O)(=O)c1ccc(-c2sc(C(=O)NC3CCCCC3)nc2C(F)F)c2ccccc12. The molecule has 1 aromatic heterocycles. The van der Waals surface area contributed by atoms with Gasteiger partial charge in [0.1, 0.15) is 5.69 Å². The second-order valence-corrected chi connectivity index (χ2v) is 12.5. The summed E-state index contributed by atoms with van der Waals surface area (Å²) in [5.41, 5.74) is -0.753. The molecule has 1 amide bonds. The van der Waals surface area contributed by atoms with Crippen LogP contribution in [-0.4, -0.2) is 30.9 Å². The number of carbonyl (C=O) groups is 1. The summed E-state index contributed by atoms with van der Waals surface area (Å²) in [6.45, 7) is 5.23. The summed E-state index contributed by atoms with van der Waals surface area (Å²) >= 11 is 0.908. The van der Waals surface area contributed by atoms with Crippen LogP contribution in [0.15, 0.2) is 41.3 Å². The fourth-order valence-electron chi connectivity index (χ4n) is 4.43. The molecule has 0 spiro atoms. The van der Waals surface area contributed by atoms with E-state index in [1.165, 1.54) is 12.1 Å². The minimum absolute atomic E-state index is 0.0175. The number of halogens is 2. The van der Waals surface area contributed by atoms with Crippen LogP contribution in [0.5, 0.6) is 0 Å². The molecule has 6 nitrogen and oxygen atoms in total. The number of carbonyl (C=O) groups excluding carboxylic acids is 1. The van der Waals surface area contributed by atoms with Crippen LogP contribution in [-0.2, 0) is 10.0 Å². The number of hydrogen-bond acceptors (Lipinski definition) is 5. The number of fused-ring (bicyclic) bond motifs is 1. The third-order valence-electron chi connectivity index (χ3n) is 5.85. The highest BCUT2D eigenvalue weighted by Crippen LogP contribution is 2.41. The zero-order chi connectivity index (χ0) is 25.4. The summed E-state index contributed by atoms with van der Waals surface area (Å²) < 4.78 is 56.8. The van der Waals surface area contributed by atoms with E-state index in [9.17, 15) is 22.0 Å². The quantitative estimate of drug-likeness (QED) is 0.414. The second kappa shape index (κ2) is 9.91. The number of sulfonamides is 1. The van der Waals surface area contributed by atoms with E-state index in [-0.39, 0.29) is 20.8 Å². The molecule has 1 aliphatic rings. The predicted molar refractivity (Wildman–Crippen MR) is 134 cm³/mol. The lowest BCUT2D eigenvalue weighted by Crippen LogP contribution is -2.40. The molecule has 2 N–H and O–H groups in total. The van der Waals surface area contributed by atoms with Gasteiger partial charge in [0, 0.05) is 22.5 Å². The summed E-state index contributed by atoms with van der Waals surface area (Å²) in [6.07, 6.45) is 2.04.